The molecule has 2 aromatic rings. The summed E-state index contributed by atoms with van der Waals surface area (Å²) in [6.07, 6.45) is 1.82. The van der Waals surface area contributed by atoms with E-state index in [-0.39, 0.29) is 5.91 Å². The van der Waals surface area contributed by atoms with Crippen LogP contribution in [0.2, 0.25) is 0 Å². The maximum absolute atomic E-state index is 11.7. The Balaban J connectivity index is 1.86. The van der Waals surface area contributed by atoms with Gasteiger partial charge in [-0.25, -0.2) is 0 Å². The molecule has 1 amide bonds. The Morgan fingerprint density at radius 3 is 1.55 bits per heavy atom. The molecule has 2 heteroatoms. The molecule has 0 aliphatic rings. The Bertz CT molecular complexity index is 478. The summed E-state index contributed by atoms with van der Waals surface area (Å²) in [6.45, 7) is 3.22. The van der Waals surface area contributed by atoms with Gasteiger partial charge in [0, 0.05) is 20.0 Å². The van der Waals surface area contributed by atoms with Crippen LogP contribution in [-0.2, 0) is 17.6 Å². The summed E-state index contributed by atoms with van der Waals surface area (Å²) in [6, 6.07) is 20.6. The molecule has 0 aliphatic heterocycles. The molecule has 0 saturated carbocycles. The van der Waals surface area contributed by atoms with Crippen LogP contribution in [0.5, 0.6) is 0 Å². The third-order valence-electron chi connectivity index (χ3n) is 3.47. The third-order valence-corrected chi connectivity index (χ3v) is 3.47. The lowest BCUT2D eigenvalue weighted by Crippen LogP contribution is -2.32. The Hall–Kier alpha value is -2.09. The Morgan fingerprint density at radius 1 is 0.800 bits per heavy atom. The molecular weight excluding hydrogens is 246 g/mol. The zero-order valence-corrected chi connectivity index (χ0v) is 12.0. The van der Waals surface area contributed by atoms with Gasteiger partial charge in [-0.05, 0) is 24.0 Å². The molecule has 104 valence electrons. The van der Waals surface area contributed by atoms with Gasteiger partial charge in [0.25, 0.3) is 0 Å². The van der Waals surface area contributed by atoms with Crippen LogP contribution in [0.4, 0.5) is 0 Å². The molecule has 0 aromatic heterocycles. The van der Waals surface area contributed by atoms with Crippen molar-refractivity contribution in [2.75, 3.05) is 13.1 Å². The van der Waals surface area contributed by atoms with Gasteiger partial charge in [0.05, 0.1) is 0 Å². The number of carbonyl (C=O) groups excluding carboxylic acids is 1. The molecular formula is C18H21NO. The monoisotopic (exact) mass is 267 g/mol. The van der Waals surface area contributed by atoms with E-state index >= 15 is 0 Å². The first-order chi connectivity index (χ1) is 9.75. The van der Waals surface area contributed by atoms with Crippen molar-refractivity contribution in [1.29, 1.82) is 0 Å². The van der Waals surface area contributed by atoms with Gasteiger partial charge in [0.1, 0.15) is 0 Å². The van der Waals surface area contributed by atoms with Crippen molar-refractivity contribution in [3.05, 3.63) is 71.8 Å². The normalized spacial score (nSPS) is 10.2. The molecule has 2 nitrogen and oxygen atoms in total. The van der Waals surface area contributed by atoms with Gasteiger partial charge in [-0.1, -0.05) is 60.7 Å². The van der Waals surface area contributed by atoms with E-state index in [9.17, 15) is 4.79 Å². The molecule has 2 rings (SSSR count). The van der Waals surface area contributed by atoms with Gasteiger partial charge < -0.3 is 4.90 Å². The number of amides is 1. The number of hydrogen-bond acceptors (Lipinski definition) is 1. The van der Waals surface area contributed by atoms with Crippen LogP contribution in [0.25, 0.3) is 0 Å². The highest BCUT2D eigenvalue weighted by Crippen LogP contribution is 2.05. The van der Waals surface area contributed by atoms with Crippen molar-refractivity contribution in [3.63, 3.8) is 0 Å². The molecule has 0 atom stereocenters. The summed E-state index contributed by atoms with van der Waals surface area (Å²) >= 11 is 0. The van der Waals surface area contributed by atoms with Crippen molar-refractivity contribution in [2.24, 2.45) is 0 Å². The van der Waals surface area contributed by atoms with E-state index in [4.69, 9.17) is 0 Å². The third kappa shape index (κ3) is 4.54. The van der Waals surface area contributed by atoms with Gasteiger partial charge in [-0.15, -0.1) is 0 Å². The molecule has 0 unspecified atom stereocenters. The number of nitrogens with zero attached hydrogens (tertiary/aromatic N) is 1. The molecule has 2 aromatic carbocycles. The molecule has 0 bridgehead atoms. The smallest absolute Gasteiger partial charge is 0.219 e. The quantitative estimate of drug-likeness (QED) is 0.786. The summed E-state index contributed by atoms with van der Waals surface area (Å²) in [5.74, 6) is 0.150. The van der Waals surface area contributed by atoms with Crippen molar-refractivity contribution < 1.29 is 4.79 Å². The standard InChI is InChI=1S/C18H21NO/c1-16(20)19(14-12-17-8-4-2-5-9-17)15-13-18-10-6-3-7-11-18/h2-11H,12-15H2,1H3. The first-order valence-electron chi connectivity index (χ1n) is 7.09. The fourth-order valence-electron chi connectivity index (χ4n) is 2.24. The maximum atomic E-state index is 11.7. The lowest BCUT2D eigenvalue weighted by molar-refractivity contribution is -0.128. The second-order valence-electron chi connectivity index (χ2n) is 4.98. The largest absolute Gasteiger partial charge is 0.342 e. The van der Waals surface area contributed by atoms with Crippen LogP contribution >= 0.6 is 0 Å². The molecule has 0 spiro atoms. The zero-order valence-electron chi connectivity index (χ0n) is 12.0. The minimum Gasteiger partial charge on any atom is -0.342 e. The van der Waals surface area contributed by atoms with E-state index < -0.39 is 0 Å². The summed E-state index contributed by atoms with van der Waals surface area (Å²) in [5, 5.41) is 0. The number of benzene rings is 2. The van der Waals surface area contributed by atoms with Crippen LogP contribution in [0.15, 0.2) is 60.7 Å². The van der Waals surface area contributed by atoms with E-state index in [1.54, 1.807) is 6.92 Å². The highest BCUT2D eigenvalue weighted by Gasteiger charge is 2.08. The van der Waals surface area contributed by atoms with Crippen LogP contribution < -0.4 is 0 Å². The number of rotatable bonds is 6. The van der Waals surface area contributed by atoms with Crippen LogP contribution in [0, 0.1) is 0 Å². The minimum absolute atomic E-state index is 0.150. The van der Waals surface area contributed by atoms with Gasteiger partial charge in [-0.2, -0.15) is 0 Å². The number of carbonyl (C=O) groups is 1. The second kappa shape index (κ2) is 7.49. The molecule has 20 heavy (non-hydrogen) atoms. The van der Waals surface area contributed by atoms with Crippen LogP contribution in [0.1, 0.15) is 18.1 Å². The van der Waals surface area contributed by atoms with E-state index in [1.165, 1.54) is 11.1 Å². The fourth-order valence-corrected chi connectivity index (χ4v) is 2.24. The molecule has 0 saturated heterocycles. The van der Waals surface area contributed by atoms with Crippen molar-refractivity contribution in [1.82, 2.24) is 4.90 Å². The second-order valence-corrected chi connectivity index (χ2v) is 4.98. The maximum Gasteiger partial charge on any atom is 0.219 e. The molecule has 0 radical (unpaired) electrons. The average Bonchev–Trinajstić information content (AvgIpc) is 2.49. The topological polar surface area (TPSA) is 20.3 Å². The predicted molar refractivity (Wildman–Crippen MR) is 82.5 cm³/mol. The molecule has 0 aliphatic carbocycles. The SMILES string of the molecule is CC(=O)N(CCc1ccccc1)CCc1ccccc1. The molecule has 0 N–H and O–H groups in total. The van der Waals surface area contributed by atoms with Crippen molar-refractivity contribution in [2.45, 2.75) is 19.8 Å². The predicted octanol–water partition coefficient (Wildman–Crippen LogP) is 3.32. The highest BCUT2D eigenvalue weighted by atomic mass is 16.2. The minimum atomic E-state index is 0.150. The van der Waals surface area contributed by atoms with Gasteiger partial charge >= 0.3 is 0 Å². The molecule has 0 fully saturated rings. The van der Waals surface area contributed by atoms with Gasteiger partial charge in [-0.3, -0.25) is 4.79 Å². The lowest BCUT2D eigenvalue weighted by Gasteiger charge is -2.21. The lowest BCUT2D eigenvalue weighted by atomic mass is 10.1. The average molecular weight is 267 g/mol. The Morgan fingerprint density at radius 2 is 1.20 bits per heavy atom. The van der Waals surface area contributed by atoms with E-state index in [0.717, 1.165) is 25.9 Å². The highest BCUT2D eigenvalue weighted by molar-refractivity contribution is 5.73. The zero-order chi connectivity index (χ0) is 14.2. The van der Waals surface area contributed by atoms with Crippen molar-refractivity contribution >= 4 is 5.91 Å². The Kier molecular flexibility index (Phi) is 5.36. The first-order valence-corrected chi connectivity index (χ1v) is 7.09. The van der Waals surface area contributed by atoms with Gasteiger partial charge in [0.15, 0.2) is 0 Å². The fraction of sp³-hybridized carbons (Fsp3) is 0.278. The summed E-state index contributed by atoms with van der Waals surface area (Å²) in [5.41, 5.74) is 2.55. The van der Waals surface area contributed by atoms with E-state index in [1.807, 2.05) is 41.3 Å². The van der Waals surface area contributed by atoms with Gasteiger partial charge in [0.2, 0.25) is 5.91 Å². The van der Waals surface area contributed by atoms with E-state index in [2.05, 4.69) is 24.3 Å². The Labute approximate surface area is 121 Å². The van der Waals surface area contributed by atoms with E-state index in [0.29, 0.717) is 0 Å². The summed E-state index contributed by atoms with van der Waals surface area (Å²) in [4.78, 5) is 13.6. The number of hydrogen-bond donors (Lipinski definition) is 0. The summed E-state index contributed by atoms with van der Waals surface area (Å²) < 4.78 is 0. The van der Waals surface area contributed by atoms with Crippen LogP contribution in [-0.4, -0.2) is 23.9 Å². The first kappa shape index (κ1) is 14.3. The van der Waals surface area contributed by atoms with Crippen molar-refractivity contribution in [3.8, 4) is 0 Å². The van der Waals surface area contributed by atoms with Crippen LogP contribution in [0.3, 0.4) is 0 Å². The molecule has 0 heterocycles. The summed E-state index contributed by atoms with van der Waals surface area (Å²) in [7, 11) is 0.